The van der Waals surface area contributed by atoms with Crippen LogP contribution >= 0.6 is 11.6 Å². The van der Waals surface area contributed by atoms with Crippen LogP contribution in [0.5, 0.6) is 5.75 Å². The summed E-state index contributed by atoms with van der Waals surface area (Å²) in [5.74, 6) is 1.45. The first kappa shape index (κ1) is 22.0. The van der Waals surface area contributed by atoms with Crippen molar-refractivity contribution < 1.29 is 9.53 Å². The molecule has 7 nitrogen and oxygen atoms in total. The van der Waals surface area contributed by atoms with Crippen LogP contribution < -0.4 is 15.4 Å². The Kier molecular flexibility index (Phi) is 6.18. The second-order valence-electron chi connectivity index (χ2n) is 8.19. The number of amides is 1. The van der Waals surface area contributed by atoms with Gasteiger partial charge in [0.15, 0.2) is 0 Å². The normalized spacial score (nSPS) is 16.9. The molecule has 8 heteroatoms. The van der Waals surface area contributed by atoms with Crippen LogP contribution in [0.1, 0.15) is 35.2 Å². The minimum absolute atomic E-state index is 0.0569. The average molecular weight is 474 g/mol. The number of fused-ring (bicyclic) bond motifs is 1. The Morgan fingerprint density at radius 1 is 1.06 bits per heavy atom. The van der Waals surface area contributed by atoms with E-state index in [4.69, 9.17) is 16.3 Å². The summed E-state index contributed by atoms with van der Waals surface area (Å²) >= 11 is 6.12. The van der Waals surface area contributed by atoms with Crippen LogP contribution in [0.3, 0.4) is 0 Å². The summed E-state index contributed by atoms with van der Waals surface area (Å²) in [5.41, 5.74) is 3.12. The van der Waals surface area contributed by atoms with Crippen LogP contribution in [0.2, 0.25) is 5.02 Å². The summed E-state index contributed by atoms with van der Waals surface area (Å²) in [6, 6.07) is 25.4. The molecule has 0 saturated heterocycles. The van der Waals surface area contributed by atoms with Crippen molar-refractivity contribution in [1.82, 2.24) is 14.8 Å². The Balaban J connectivity index is 1.39. The number of benzene rings is 3. The number of hydrogen-bond acceptors (Lipinski definition) is 5. The summed E-state index contributed by atoms with van der Waals surface area (Å²) in [7, 11) is 1.61. The van der Waals surface area contributed by atoms with E-state index in [1.54, 1.807) is 7.11 Å². The van der Waals surface area contributed by atoms with Crippen LogP contribution in [-0.2, 0) is 11.2 Å². The second-order valence-corrected chi connectivity index (χ2v) is 8.62. The third-order valence-electron chi connectivity index (χ3n) is 5.92. The molecule has 0 fully saturated rings. The fourth-order valence-corrected chi connectivity index (χ4v) is 4.32. The van der Waals surface area contributed by atoms with Crippen molar-refractivity contribution in [3.8, 4) is 5.75 Å². The van der Waals surface area contributed by atoms with E-state index in [0.717, 1.165) is 23.3 Å². The zero-order valence-electron chi connectivity index (χ0n) is 18.6. The molecule has 34 heavy (non-hydrogen) atoms. The van der Waals surface area contributed by atoms with Crippen LogP contribution in [0, 0.1) is 0 Å². The highest BCUT2D eigenvalue weighted by atomic mass is 35.5. The Hall–Kier alpha value is -3.84. The fraction of sp³-hybridized carbons (Fsp3) is 0.192. The van der Waals surface area contributed by atoms with Crippen molar-refractivity contribution in [2.75, 3.05) is 17.7 Å². The Bertz CT molecular complexity index is 1270. The van der Waals surface area contributed by atoms with Crippen molar-refractivity contribution in [1.29, 1.82) is 0 Å². The van der Waals surface area contributed by atoms with E-state index in [-0.39, 0.29) is 30.4 Å². The predicted octanol–water partition coefficient (Wildman–Crippen LogP) is 5.27. The Morgan fingerprint density at radius 3 is 2.50 bits per heavy atom. The Labute approximate surface area is 202 Å². The Morgan fingerprint density at radius 2 is 1.79 bits per heavy atom. The van der Waals surface area contributed by atoms with Gasteiger partial charge in [-0.2, -0.15) is 4.98 Å². The molecule has 1 aliphatic rings. The van der Waals surface area contributed by atoms with Crippen molar-refractivity contribution in [3.63, 3.8) is 0 Å². The first-order valence-electron chi connectivity index (χ1n) is 11.1. The zero-order chi connectivity index (χ0) is 23.5. The van der Waals surface area contributed by atoms with E-state index >= 15 is 0 Å². The van der Waals surface area contributed by atoms with E-state index in [2.05, 4.69) is 32.8 Å². The van der Waals surface area contributed by atoms with Gasteiger partial charge in [-0.05, 0) is 47.4 Å². The molecule has 0 bridgehead atoms. The maximum absolute atomic E-state index is 12.7. The van der Waals surface area contributed by atoms with Gasteiger partial charge in [-0.25, -0.2) is 4.68 Å². The first-order valence-corrected chi connectivity index (χ1v) is 11.4. The standard InChI is InChI=1S/C26H24ClN5O2/c1-34-21-13-7-17(8-14-21)15-24(33)29-25-30-26-28-22(18-5-3-2-4-6-18)16-23(32(26)31-25)19-9-11-20(27)12-10-19/h2-14,22-23H,15-16H2,1H3,(H2,28,29,30,31,33)/t22-,23+/m1/s1. The van der Waals surface area contributed by atoms with Crippen molar-refractivity contribution >= 4 is 29.4 Å². The summed E-state index contributed by atoms with van der Waals surface area (Å²) in [6.45, 7) is 0. The molecule has 2 N–H and O–H groups in total. The van der Waals surface area contributed by atoms with Gasteiger partial charge < -0.3 is 10.1 Å². The number of halogens is 1. The molecular formula is C26H24ClN5O2. The molecule has 172 valence electrons. The predicted molar refractivity (Wildman–Crippen MR) is 132 cm³/mol. The lowest BCUT2D eigenvalue weighted by atomic mass is 9.93. The lowest BCUT2D eigenvalue weighted by Gasteiger charge is -2.31. The molecule has 0 unspecified atom stereocenters. The van der Waals surface area contributed by atoms with Crippen molar-refractivity contribution in [3.05, 3.63) is 101 Å². The van der Waals surface area contributed by atoms with Crippen LogP contribution in [0.15, 0.2) is 78.9 Å². The number of nitrogens with one attached hydrogen (secondary N) is 2. The molecule has 2 heterocycles. The van der Waals surface area contributed by atoms with Gasteiger partial charge in [0.2, 0.25) is 11.9 Å². The molecule has 0 spiro atoms. The number of rotatable bonds is 6. The van der Waals surface area contributed by atoms with Crippen LogP contribution in [-0.4, -0.2) is 27.8 Å². The van der Waals surface area contributed by atoms with E-state index in [1.807, 2.05) is 71.4 Å². The first-order chi connectivity index (χ1) is 16.6. The molecule has 1 amide bonds. The number of carbonyl (C=O) groups excluding carboxylic acids is 1. The molecule has 0 aliphatic carbocycles. The fourth-order valence-electron chi connectivity index (χ4n) is 4.19. The molecular weight excluding hydrogens is 450 g/mol. The van der Waals surface area contributed by atoms with Gasteiger partial charge in [-0.15, -0.1) is 5.10 Å². The van der Waals surface area contributed by atoms with Crippen LogP contribution in [0.4, 0.5) is 11.9 Å². The maximum atomic E-state index is 12.7. The number of methoxy groups -OCH3 is 1. The summed E-state index contributed by atoms with van der Waals surface area (Å²) < 4.78 is 7.01. The number of nitrogens with zero attached hydrogens (tertiary/aromatic N) is 3. The van der Waals surface area contributed by atoms with Gasteiger partial charge in [0, 0.05) is 5.02 Å². The quantitative estimate of drug-likeness (QED) is 0.399. The number of aromatic nitrogens is 3. The van der Waals surface area contributed by atoms with E-state index < -0.39 is 0 Å². The summed E-state index contributed by atoms with van der Waals surface area (Å²) in [4.78, 5) is 17.2. The highest BCUT2D eigenvalue weighted by Crippen LogP contribution is 2.38. The zero-order valence-corrected chi connectivity index (χ0v) is 19.4. The van der Waals surface area contributed by atoms with E-state index in [9.17, 15) is 4.79 Å². The summed E-state index contributed by atoms with van der Waals surface area (Å²) in [6.07, 6.45) is 0.996. The smallest absolute Gasteiger partial charge is 0.250 e. The van der Waals surface area contributed by atoms with Crippen molar-refractivity contribution in [2.24, 2.45) is 0 Å². The number of hydrogen-bond donors (Lipinski definition) is 2. The molecule has 1 aliphatic heterocycles. The largest absolute Gasteiger partial charge is 0.497 e. The molecule has 0 saturated carbocycles. The molecule has 0 radical (unpaired) electrons. The number of ether oxygens (including phenoxy) is 1. The minimum Gasteiger partial charge on any atom is -0.497 e. The highest BCUT2D eigenvalue weighted by molar-refractivity contribution is 6.30. The molecule has 2 atom stereocenters. The SMILES string of the molecule is COc1ccc(CC(=O)Nc2nc3n(n2)[C@H](c2ccc(Cl)cc2)C[C@H](c2ccccc2)N3)cc1. The molecule has 3 aromatic carbocycles. The number of anilines is 2. The summed E-state index contributed by atoms with van der Waals surface area (Å²) in [5, 5.41) is 11.6. The monoisotopic (exact) mass is 473 g/mol. The highest BCUT2D eigenvalue weighted by Gasteiger charge is 2.31. The van der Waals surface area contributed by atoms with Gasteiger partial charge in [0.25, 0.3) is 5.95 Å². The van der Waals surface area contributed by atoms with Crippen LogP contribution in [0.25, 0.3) is 0 Å². The topological polar surface area (TPSA) is 81.1 Å². The third-order valence-corrected chi connectivity index (χ3v) is 6.17. The maximum Gasteiger partial charge on any atom is 0.250 e. The lowest BCUT2D eigenvalue weighted by Crippen LogP contribution is -2.28. The van der Waals surface area contributed by atoms with Gasteiger partial charge >= 0.3 is 0 Å². The van der Waals surface area contributed by atoms with E-state index in [1.165, 1.54) is 5.56 Å². The van der Waals surface area contributed by atoms with Gasteiger partial charge in [0.1, 0.15) is 5.75 Å². The van der Waals surface area contributed by atoms with Gasteiger partial charge in [0.05, 0.1) is 25.6 Å². The number of carbonyl (C=O) groups is 1. The molecule has 5 rings (SSSR count). The third kappa shape index (κ3) is 4.75. The van der Waals surface area contributed by atoms with E-state index in [0.29, 0.717) is 11.0 Å². The van der Waals surface area contributed by atoms with Gasteiger partial charge in [-0.1, -0.05) is 66.2 Å². The lowest BCUT2D eigenvalue weighted by molar-refractivity contribution is -0.115. The molecule has 1 aromatic heterocycles. The average Bonchev–Trinajstić information content (AvgIpc) is 3.27. The van der Waals surface area contributed by atoms with Crippen molar-refractivity contribution in [2.45, 2.75) is 24.9 Å². The second kappa shape index (κ2) is 9.57. The molecule has 4 aromatic rings. The minimum atomic E-state index is -0.184. The van der Waals surface area contributed by atoms with Gasteiger partial charge in [-0.3, -0.25) is 10.1 Å².